The molecule has 1 aromatic heterocycles. The molecule has 3 rings (SSSR count). The minimum Gasteiger partial charge on any atom is -0.383 e. The third-order valence-corrected chi connectivity index (χ3v) is 4.05. The van der Waals surface area contributed by atoms with Gasteiger partial charge in [-0.25, -0.2) is 4.68 Å². The molecule has 1 amide bonds. The van der Waals surface area contributed by atoms with Crippen molar-refractivity contribution in [3.8, 4) is 0 Å². The van der Waals surface area contributed by atoms with Crippen LogP contribution in [-0.4, -0.2) is 35.9 Å². The van der Waals surface area contributed by atoms with Crippen LogP contribution >= 0.6 is 0 Å². The molecule has 6 nitrogen and oxygen atoms in total. The van der Waals surface area contributed by atoms with Gasteiger partial charge < -0.3 is 15.4 Å². The second-order valence-corrected chi connectivity index (χ2v) is 5.56. The molecule has 0 saturated carbocycles. The second-order valence-electron chi connectivity index (χ2n) is 5.56. The molecule has 122 valence electrons. The molecule has 0 aliphatic carbocycles. The van der Waals surface area contributed by atoms with Gasteiger partial charge in [0.15, 0.2) is 0 Å². The smallest absolute Gasteiger partial charge is 0.257 e. The quantitative estimate of drug-likeness (QED) is 0.800. The highest BCUT2D eigenvalue weighted by atomic mass is 16.5. The van der Waals surface area contributed by atoms with E-state index in [2.05, 4.69) is 27.9 Å². The van der Waals surface area contributed by atoms with Crippen molar-refractivity contribution in [2.75, 3.05) is 25.6 Å². The molecule has 0 fully saturated rings. The Morgan fingerprint density at radius 1 is 1.43 bits per heavy atom. The van der Waals surface area contributed by atoms with E-state index < -0.39 is 0 Å². The molecular formula is C17H22N4O2. The molecule has 0 spiro atoms. The maximum atomic E-state index is 12.5. The van der Waals surface area contributed by atoms with Crippen molar-refractivity contribution in [1.29, 1.82) is 0 Å². The predicted molar refractivity (Wildman–Crippen MR) is 88.6 cm³/mol. The zero-order chi connectivity index (χ0) is 16.2. The number of carbonyl (C=O) groups is 1. The average molecular weight is 314 g/mol. The molecule has 1 aromatic carbocycles. The topological polar surface area (TPSA) is 68.2 Å². The first-order chi connectivity index (χ1) is 11.2. The number of aryl methyl sites for hydroxylation is 1. The minimum atomic E-state index is -0.0960. The summed E-state index contributed by atoms with van der Waals surface area (Å²) in [7, 11) is 1.62. The Labute approximate surface area is 135 Å². The van der Waals surface area contributed by atoms with Gasteiger partial charge in [-0.3, -0.25) is 4.79 Å². The van der Waals surface area contributed by atoms with Crippen LogP contribution in [0, 0.1) is 0 Å². The lowest BCUT2D eigenvalue weighted by Gasteiger charge is -2.12. The maximum absolute atomic E-state index is 12.5. The van der Waals surface area contributed by atoms with Crippen molar-refractivity contribution >= 4 is 11.7 Å². The third-order valence-electron chi connectivity index (χ3n) is 4.05. The first-order valence-corrected chi connectivity index (χ1v) is 7.92. The first kappa shape index (κ1) is 15.6. The van der Waals surface area contributed by atoms with Crippen LogP contribution < -0.4 is 10.6 Å². The lowest BCUT2D eigenvalue weighted by atomic mass is 10.1. The predicted octanol–water partition coefficient (Wildman–Crippen LogP) is 1.99. The summed E-state index contributed by atoms with van der Waals surface area (Å²) in [6.45, 7) is 3.73. The van der Waals surface area contributed by atoms with Gasteiger partial charge in [0.05, 0.1) is 24.9 Å². The van der Waals surface area contributed by atoms with Crippen molar-refractivity contribution < 1.29 is 9.53 Å². The van der Waals surface area contributed by atoms with Crippen molar-refractivity contribution in [2.24, 2.45) is 0 Å². The summed E-state index contributed by atoms with van der Waals surface area (Å²) in [6.07, 6.45) is 0.727. The van der Waals surface area contributed by atoms with Crippen molar-refractivity contribution in [2.45, 2.75) is 25.9 Å². The zero-order valence-electron chi connectivity index (χ0n) is 13.5. The number of ether oxygens (including phenoxy) is 1. The van der Waals surface area contributed by atoms with Crippen LogP contribution in [0.4, 0.5) is 5.82 Å². The van der Waals surface area contributed by atoms with Gasteiger partial charge >= 0.3 is 0 Å². The molecule has 2 aromatic rings. The van der Waals surface area contributed by atoms with Crippen LogP contribution in [0.15, 0.2) is 30.3 Å². The molecule has 1 atom stereocenters. The number of amides is 1. The number of nitrogens with one attached hydrogen (secondary N) is 2. The van der Waals surface area contributed by atoms with E-state index in [1.54, 1.807) is 7.11 Å². The highest BCUT2D eigenvalue weighted by molar-refractivity contribution is 6.00. The Kier molecular flexibility index (Phi) is 4.62. The Morgan fingerprint density at radius 2 is 2.22 bits per heavy atom. The molecule has 0 radical (unpaired) electrons. The lowest BCUT2D eigenvalue weighted by molar-refractivity contribution is 0.0937. The Hall–Kier alpha value is -2.34. The first-order valence-electron chi connectivity index (χ1n) is 7.92. The van der Waals surface area contributed by atoms with Gasteiger partial charge in [0.1, 0.15) is 11.4 Å². The molecular weight excluding hydrogens is 292 g/mol. The van der Waals surface area contributed by atoms with E-state index in [0.717, 1.165) is 24.5 Å². The van der Waals surface area contributed by atoms with E-state index in [1.807, 2.05) is 29.8 Å². The summed E-state index contributed by atoms with van der Waals surface area (Å²) in [5.74, 6) is 0.715. The Morgan fingerprint density at radius 3 is 2.91 bits per heavy atom. The van der Waals surface area contributed by atoms with Gasteiger partial charge in [0.2, 0.25) is 0 Å². The lowest BCUT2D eigenvalue weighted by Crippen LogP contribution is -2.28. The third kappa shape index (κ3) is 3.07. The van der Waals surface area contributed by atoms with Crippen LogP contribution in [0.1, 0.15) is 34.6 Å². The highest BCUT2D eigenvalue weighted by Gasteiger charge is 2.30. The van der Waals surface area contributed by atoms with E-state index in [0.29, 0.717) is 18.7 Å². The summed E-state index contributed by atoms with van der Waals surface area (Å²) in [4.78, 5) is 12.5. The maximum Gasteiger partial charge on any atom is 0.257 e. The van der Waals surface area contributed by atoms with Crippen LogP contribution in [0.5, 0.6) is 0 Å². The molecule has 23 heavy (non-hydrogen) atoms. The van der Waals surface area contributed by atoms with E-state index in [-0.39, 0.29) is 11.9 Å². The standard InChI is InChI=1S/C17H22N4O2/c1-3-13-15(17(22)18-9-10-23-2)16-19-14(11-21(16)20-13)12-7-5-4-6-8-12/h4-8,14,19H,3,9-11H2,1-2H3,(H,18,22)/t14-/m0/s1. The minimum absolute atomic E-state index is 0.0960. The number of anilines is 1. The fraction of sp³-hybridized carbons (Fsp3) is 0.412. The van der Waals surface area contributed by atoms with Gasteiger partial charge in [-0.05, 0) is 12.0 Å². The zero-order valence-corrected chi connectivity index (χ0v) is 13.5. The molecule has 2 N–H and O–H groups in total. The molecule has 1 aliphatic heterocycles. The molecule has 2 heterocycles. The van der Waals surface area contributed by atoms with Crippen molar-refractivity contribution in [3.05, 3.63) is 47.2 Å². The fourth-order valence-electron chi connectivity index (χ4n) is 2.89. The van der Waals surface area contributed by atoms with Gasteiger partial charge in [-0.15, -0.1) is 0 Å². The number of carbonyl (C=O) groups excluding carboxylic acids is 1. The van der Waals surface area contributed by atoms with Crippen molar-refractivity contribution in [1.82, 2.24) is 15.1 Å². The summed E-state index contributed by atoms with van der Waals surface area (Å²) in [5, 5.41) is 10.9. The van der Waals surface area contributed by atoms with Crippen LogP contribution in [0.2, 0.25) is 0 Å². The Balaban J connectivity index is 1.82. The number of rotatable bonds is 6. The van der Waals surface area contributed by atoms with Crippen molar-refractivity contribution in [3.63, 3.8) is 0 Å². The fourth-order valence-corrected chi connectivity index (χ4v) is 2.89. The summed E-state index contributed by atoms with van der Waals surface area (Å²) < 4.78 is 6.89. The van der Waals surface area contributed by atoms with Gasteiger partial charge in [0, 0.05) is 13.7 Å². The summed E-state index contributed by atoms with van der Waals surface area (Å²) in [5.41, 5.74) is 2.68. The SMILES string of the molecule is CCc1nn2c(c1C(=O)NCCOC)N[C@H](c1ccccc1)C2. The van der Waals surface area contributed by atoms with Gasteiger partial charge in [-0.1, -0.05) is 37.3 Å². The van der Waals surface area contributed by atoms with Gasteiger partial charge in [0.25, 0.3) is 5.91 Å². The van der Waals surface area contributed by atoms with Crippen LogP contribution in [0.3, 0.4) is 0 Å². The molecule has 6 heteroatoms. The Bertz CT molecular complexity index is 681. The molecule has 1 aliphatic rings. The van der Waals surface area contributed by atoms with Crippen LogP contribution in [-0.2, 0) is 17.7 Å². The van der Waals surface area contributed by atoms with E-state index in [4.69, 9.17) is 4.74 Å². The van der Waals surface area contributed by atoms with Gasteiger partial charge in [-0.2, -0.15) is 5.10 Å². The number of methoxy groups -OCH3 is 1. The molecule has 0 saturated heterocycles. The highest BCUT2D eigenvalue weighted by Crippen LogP contribution is 2.33. The number of benzene rings is 1. The summed E-state index contributed by atoms with van der Waals surface area (Å²) >= 11 is 0. The normalized spacial score (nSPS) is 16.0. The largest absolute Gasteiger partial charge is 0.383 e. The number of fused-ring (bicyclic) bond motifs is 1. The average Bonchev–Trinajstić information content (AvgIpc) is 3.12. The number of nitrogens with zero attached hydrogens (tertiary/aromatic N) is 2. The number of hydrogen-bond acceptors (Lipinski definition) is 4. The number of aromatic nitrogens is 2. The van der Waals surface area contributed by atoms with E-state index in [1.165, 1.54) is 5.56 Å². The number of hydrogen-bond donors (Lipinski definition) is 2. The van der Waals surface area contributed by atoms with Crippen LogP contribution in [0.25, 0.3) is 0 Å². The second kappa shape index (κ2) is 6.83. The van der Waals surface area contributed by atoms with E-state index in [9.17, 15) is 4.79 Å². The monoisotopic (exact) mass is 314 g/mol. The van der Waals surface area contributed by atoms with E-state index >= 15 is 0 Å². The summed E-state index contributed by atoms with van der Waals surface area (Å²) in [6, 6.07) is 10.4. The molecule has 0 unspecified atom stereocenters. The molecule has 0 bridgehead atoms.